The molecule has 5 rings (SSSR count). The van der Waals surface area contributed by atoms with Gasteiger partial charge in [0.2, 0.25) is 11.8 Å². The molecule has 7 nitrogen and oxygen atoms in total. The number of rotatable bonds is 12. The summed E-state index contributed by atoms with van der Waals surface area (Å²) in [6.07, 6.45) is 4.07. The standard InChI is InChI=1S/C35H35Cl2N3O4S/c36-28-14-9-13-27(21-28)24-39(33(22-26-11-3-1-4-12-26)35(42)38-30-16-7-8-17-30)34(41)25-40(31-18-10-15-29(37)23-31)45(43,44)32-19-5-2-6-20-32/h1-6,9-15,18-21,23,30,33H,7-8,16-17,22,24-25H2,(H,38,42)/t33-/m1/s1. The van der Waals surface area contributed by atoms with Gasteiger partial charge in [-0.3, -0.25) is 13.9 Å². The number of carbonyl (C=O) groups excluding carboxylic acids is 2. The Labute approximate surface area is 274 Å². The molecule has 0 aromatic heterocycles. The maximum atomic E-state index is 14.5. The fourth-order valence-electron chi connectivity index (χ4n) is 5.63. The van der Waals surface area contributed by atoms with Gasteiger partial charge < -0.3 is 10.2 Å². The van der Waals surface area contributed by atoms with Crippen molar-refractivity contribution in [3.05, 3.63) is 130 Å². The molecule has 10 heteroatoms. The van der Waals surface area contributed by atoms with Gasteiger partial charge in [-0.25, -0.2) is 8.42 Å². The van der Waals surface area contributed by atoms with E-state index in [0.717, 1.165) is 35.6 Å². The van der Waals surface area contributed by atoms with Crippen LogP contribution in [0, 0.1) is 0 Å². The molecule has 0 aliphatic heterocycles. The average Bonchev–Trinajstić information content (AvgIpc) is 3.55. The van der Waals surface area contributed by atoms with Crippen LogP contribution in [0.1, 0.15) is 36.8 Å². The van der Waals surface area contributed by atoms with E-state index < -0.39 is 28.5 Å². The molecule has 0 saturated heterocycles. The van der Waals surface area contributed by atoms with Gasteiger partial charge in [0.25, 0.3) is 10.0 Å². The predicted molar refractivity (Wildman–Crippen MR) is 179 cm³/mol. The Morgan fingerprint density at radius 3 is 2.02 bits per heavy atom. The first-order valence-corrected chi connectivity index (χ1v) is 17.1. The monoisotopic (exact) mass is 663 g/mol. The van der Waals surface area contributed by atoms with Gasteiger partial charge in [-0.1, -0.05) is 103 Å². The van der Waals surface area contributed by atoms with E-state index in [0.29, 0.717) is 15.6 Å². The molecule has 234 valence electrons. The highest BCUT2D eigenvalue weighted by molar-refractivity contribution is 7.92. The van der Waals surface area contributed by atoms with Crippen LogP contribution in [0.3, 0.4) is 0 Å². The number of nitrogens with one attached hydrogen (secondary N) is 1. The summed E-state index contributed by atoms with van der Waals surface area (Å²) in [5.74, 6) is -0.821. The molecule has 0 radical (unpaired) electrons. The summed E-state index contributed by atoms with van der Waals surface area (Å²) in [4.78, 5) is 30.1. The highest BCUT2D eigenvalue weighted by atomic mass is 35.5. The molecule has 45 heavy (non-hydrogen) atoms. The highest BCUT2D eigenvalue weighted by Gasteiger charge is 2.35. The van der Waals surface area contributed by atoms with E-state index in [1.54, 1.807) is 54.6 Å². The number of sulfonamides is 1. The fraction of sp³-hybridized carbons (Fsp3) is 0.257. The maximum Gasteiger partial charge on any atom is 0.264 e. The van der Waals surface area contributed by atoms with Crippen molar-refractivity contribution in [1.82, 2.24) is 10.2 Å². The Morgan fingerprint density at radius 1 is 0.778 bits per heavy atom. The molecule has 2 amide bonds. The molecule has 0 unspecified atom stereocenters. The lowest BCUT2D eigenvalue weighted by Gasteiger charge is -2.34. The Morgan fingerprint density at radius 2 is 1.38 bits per heavy atom. The fourth-order valence-corrected chi connectivity index (χ4v) is 7.46. The van der Waals surface area contributed by atoms with Gasteiger partial charge in [-0.05, 0) is 66.4 Å². The quantitative estimate of drug-likeness (QED) is 0.179. The number of anilines is 1. The second-order valence-electron chi connectivity index (χ2n) is 11.2. The lowest BCUT2D eigenvalue weighted by Crippen LogP contribution is -2.54. The van der Waals surface area contributed by atoms with Gasteiger partial charge in [-0.15, -0.1) is 0 Å². The van der Waals surface area contributed by atoms with Crippen molar-refractivity contribution < 1.29 is 18.0 Å². The SMILES string of the molecule is O=C(NC1CCCC1)[C@@H](Cc1ccccc1)N(Cc1cccc(Cl)c1)C(=O)CN(c1cccc(Cl)c1)S(=O)(=O)c1ccccc1. The summed E-state index contributed by atoms with van der Waals surface area (Å²) < 4.78 is 29.1. The molecule has 1 fully saturated rings. The van der Waals surface area contributed by atoms with Gasteiger partial charge in [0, 0.05) is 29.1 Å². The van der Waals surface area contributed by atoms with Crippen molar-refractivity contribution >= 4 is 50.7 Å². The van der Waals surface area contributed by atoms with Crippen LogP contribution < -0.4 is 9.62 Å². The van der Waals surface area contributed by atoms with Crippen molar-refractivity contribution in [1.29, 1.82) is 0 Å². The first-order chi connectivity index (χ1) is 21.7. The first-order valence-electron chi connectivity index (χ1n) is 14.9. The van der Waals surface area contributed by atoms with E-state index >= 15 is 0 Å². The number of halogens is 2. The third-order valence-electron chi connectivity index (χ3n) is 7.92. The Balaban J connectivity index is 1.56. The molecule has 1 atom stereocenters. The van der Waals surface area contributed by atoms with Crippen molar-refractivity contribution in [2.24, 2.45) is 0 Å². The van der Waals surface area contributed by atoms with E-state index in [-0.39, 0.29) is 35.5 Å². The Kier molecular flexibility index (Phi) is 10.8. The Bertz CT molecular complexity index is 1720. The van der Waals surface area contributed by atoms with Crippen LogP contribution in [0.4, 0.5) is 5.69 Å². The van der Waals surface area contributed by atoms with Crippen LogP contribution in [-0.2, 0) is 32.6 Å². The summed E-state index contributed by atoms with van der Waals surface area (Å²) in [6.45, 7) is -0.510. The van der Waals surface area contributed by atoms with Gasteiger partial charge >= 0.3 is 0 Å². The van der Waals surface area contributed by atoms with Gasteiger partial charge in [0.05, 0.1) is 10.6 Å². The second kappa shape index (κ2) is 15.0. The van der Waals surface area contributed by atoms with Crippen LogP contribution in [-0.4, -0.2) is 43.8 Å². The molecular formula is C35H35Cl2N3O4S. The zero-order valence-corrected chi connectivity index (χ0v) is 27.0. The topological polar surface area (TPSA) is 86.8 Å². The lowest BCUT2D eigenvalue weighted by molar-refractivity contribution is -0.140. The highest BCUT2D eigenvalue weighted by Crippen LogP contribution is 2.27. The number of hydrogen-bond donors (Lipinski definition) is 1. The van der Waals surface area contributed by atoms with Crippen molar-refractivity contribution in [3.63, 3.8) is 0 Å². The molecular weight excluding hydrogens is 629 g/mol. The van der Waals surface area contributed by atoms with Gasteiger partial charge in [0.15, 0.2) is 0 Å². The van der Waals surface area contributed by atoms with Crippen molar-refractivity contribution in [3.8, 4) is 0 Å². The van der Waals surface area contributed by atoms with Gasteiger partial charge in [-0.2, -0.15) is 0 Å². The van der Waals surface area contributed by atoms with Crippen LogP contribution in [0.5, 0.6) is 0 Å². The molecule has 4 aromatic carbocycles. The molecule has 0 spiro atoms. The van der Waals surface area contributed by atoms with E-state index in [2.05, 4.69) is 5.32 Å². The lowest BCUT2D eigenvalue weighted by atomic mass is 10.0. The number of carbonyl (C=O) groups is 2. The maximum absolute atomic E-state index is 14.5. The molecule has 0 heterocycles. The summed E-state index contributed by atoms with van der Waals surface area (Å²) in [5, 5.41) is 3.98. The van der Waals surface area contributed by atoms with Crippen molar-refractivity contribution in [2.75, 3.05) is 10.8 Å². The summed E-state index contributed by atoms with van der Waals surface area (Å²) in [5.41, 5.74) is 1.82. The molecule has 0 bridgehead atoms. The minimum absolute atomic E-state index is 0.0268. The zero-order chi connectivity index (χ0) is 31.8. The number of amides is 2. The number of hydrogen-bond acceptors (Lipinski definition) is 4. The minimum Gasteiger partial charge on any atom is -0.352 e. The third-order valence-corrected chi connectivity index (χ3v) is 10.2. The smallest absolute Gasteiger partial charge is 0.264 e. The van der Waals surface area contributed by atoms with Crippen LogP contribution in [0.2, 0.25) is 10.0 Å². The minimum atomic E-state index is -4.20. The molecule has 1 saturated carbocycles. The predicted octanol–water partition coefficient (Wildman–Crippen LogP) is 6.89. The zero-order valence-electron chi connectivity index (χ0n) is 24.7. The van der Waals surface area contributed by atoms with E-state index in [1.807, 2.05) is 36.4 Å². The van der Waals surface area contributed by atoms with Crippen LogP contribution in [0.15, 0.2) is 114 Å². The normalized spacial score (nSPS) is 14.1. The summed E-state index contributed by atoms with van der Waals surface area (Å²) >= 11 is 12.6. The van der Waals surface area contributed by atoms with Gasteiger partial charge in [0.1, 0.15) is 12.6 Å². The third kappa shape index (κ3) is 8.45. The van der Waals surface area contributed by atoms with Crippen LogP contribution >= 0.6 is 23.2 Å². The molecule has 1 aliphatic carbocycles. The average molecular weight is 665 g/mol. The number of nitrogens with zero attached hydrogens (tertiary/aromatic N) is 2. The number of benzene rings is 4. The van der Waals surface area contributed by atoms with E-state index in [1.165, 1.54) is 23.1 Å². The van der Waals surface area contributed by atoms with Crippen molar-refractivity contribution in [2.45, 2.75) is 55.6 Å². The summed E-state index contributed by atoms with van der Waals surface area (Å²) in [6, 6.07) is 30.0. The summed E-state index contributed by atoms with van der Waals surface area (Å²) in [7, 11) is -4.20. The largest absolute Gasteiger partial charge is 0.352 e. The molecule has 1 N–H and O–H groups in total. The van der Waals surface area contributed by atoms with E-state index in [4.69, 9.17) is 23.2 Å². The van der Waals surface area contributed by atoms with Crippen LogP contribution in [0.25, 0.3) is 0 Å². The molecule has 1 aliphatic rings. The Hall–Kier alpha value is -3.85. The second-order valence-corrected chi connectivity index (χ2v) is 13.9. The first kappa shape index (κ1) is 32.5. The molecule has 4 aromatic rings. The van der Waals surface area contributed by atoms with E-state index in [9.17, 15) is 18.0 Å².